The summed E-state index contributed by atoms with van der Waals surface area (Å²) >= 11 is 0. The smallest absolute Gasteiger partial charge is 0.267 e. The Balaban J connectivity index is 0.00000304. The molecule has 182 valence electrons. The number of nitrogens with zero attached hydrogens (tertiary/aromatic N) is 6. The molecule has 0 fully saturated rings. The van der Waals surface area contributed by atoms with Crippen molar-refractivity contribution in [3.8, 4) is 17.4 Å². The molecule has 0 aliphatic carbocycles. The van der Waals surface area contributed by atoms with E-state index >= 15 is 0 Å². The van der Waals surface area contributed by atoms with Crippen molar-refractivity contribution in [2.24, 2.45) is 0 Å². The van der Waals surface area contributed by atoms with Crippen LogP contribution in [0.2, 0.25) is 0 Å². The van der Waals surface area contributed by atoms with Gasteiger partial charge in [0, 0.05) is 23.2 Å². The van der Waals surface area contributed by atoms with Crippen molar-refractivity contribution < 1.29 is 21.1 Å². The van der Waals surface area contributed by atoms with Gasteiger partial charge in [-0.1, -0.05) is 52.8 Å². The molecule has 36 heavy (non-hydrogen) atoms. The van der Waals surface area contributed by atoms with Crippen LogP contribution in [0.15, 0.2) is 48.8 Å². The molecular weight excluding hydrogens is 627 g/mol. The molecule has 0 saturated carbocycles. The zero-order valence-corrected chi connectivity index (χ0v) is 23.4. The summed E-state index contributed by atoms with van der Waals surface area (Å²) in [6, 6.07) is 20.7. The summed E-state index contributed by atoms with van der Waals surface area (Å²) in [5, 5.41) is 19.7. The fourth-order valence-corrected chi connectivity index (χ4v) is 4.51. The summed E-state index contributed by atoms with van der Waals surface area (Å²) in [5.41, 5.74) is 4.63. The van der Waals surface area contributed by atoms with Crippen molar-refractivity contribution in [3.63, 3.8) is 0 Å². The van der Waals surface area contributed by atoms with Crippen molar-refractivity contribution in [3.05, 3.63) is 100 Å². The molecule has 0 spiro atoms. The molecule has 6 nitrogen and oxygen atoms in total. The molecule has 1 aliphatic rings. The van der Waals surface area contributed by atoms with Crippen LogP contribution in [-0.2, 0) is 37.3 Å². The van der Waals surface area contributed by atoms with Gasteiger partial charge in [0.2, 0.25) is 0 Å². The first-order valence-corrected chi connectivity index (χ1v) is 11.5. The molecule has 7 heteroatoms. The predicted octanol–water partition coefficient (Wildman–Crippen LogP) is 5.97. The van der Waals surface area contributed by atoms with Crippen LogP contribution < -0.4 is 0 Å². The van der Waals surface area contributed by atoms with Crippen molar-refractivity contribution in [1.82, 2.24) is 19.6 Å². The molecule has 1 aliphatic heterocycles. The number of benzene rings is 2. The maximum absolute atomic E-state index is 9.78. The van der Waals surface area contributed by atoms with Crippen molar-refractivity contribution in [2.45, 2.75) is 57.8 Å². The van der Waals surface area contributed by atoms with Gasteiger partial charge in [-0.2, -0.15) is 44.8 Å². The third-order valence-electron chi connectivity index (χ3n) is 7.81. The third-order valence-corrected chi connectivity index (χ3v) is 7.81. The van der Waals surface area contributed by atoms with E-state index in [0.29, 0.717) is 22.6 Å². The minimum atomic E-state index is -0.582. The van der Waals surface area contributed by atoms with Gasteiger partial charge >= 0.3 is 21.1 Å². The molecule has 2 aromatic heterocycles. The quantitative estimate of drug-likeness (QED) is 0.220. The fraction of sp³-hybridized carbons (Fsp3) is 0.310. The second-order valence-corrected chi connectivity index (χ2v) is 10.7. The Morgan fingerprint density at radius 1 is 0.833 bits per heavy atom. The maximum Gasteiger partial charge on any atom is 2.00 e. The van der Waals surface area contributed by atoms with Crippen LogP contribution in [0.5, 0.6) is 0 Å². The Morgan fingerprint density at radius 3 is 1.83 bits per heavy atom. The van der Waals surface area contributed by atoms with Crippen molar-refractivity contribution in [1.29, 1.82) is 5.26 Å². The molecule has 0 N–H and O–H groups in total. The zero-order chi connectivity index (χ0) is 25.2. The van der Waals surface area contributed by atoms with Gasteiger partial charge in [-0.05, 0) is 23.2 Å². The van der Waals surface area contributed by atoms with Gasteiger partial charge in [0.25, 0.3) is 0 Å². The monoisotopic (exact) mass is 653 g/mol. The predicted molar refractivity (Wildman–Crippen MR) is 134 cm³/mol. The summed E-state index contributed by atoms with van der Waals surface area (Å²) < 4.78 is 3.58. The van der Waals surface area contributed by atoms with E-state index in [9.17, 15) is 5.26 Å². The second kappa shape index (κ2) is 8.58. The second-order valence-electron chi connectivity index (χ2n) is 10.7. The Morgan fingerprint density at radius 2 is 1.33 bits per heavy atom. The van der Waals surface area contributed by atoms with Gasteiger partial charge in [-0.25, -0.2) is 0 Å². The van der Waals surface area contributed by atoms with E-state index in [4.69, 9.17) is 16.8 Å². The topological polar surface area (TPSA) is 63.8 Å². The largest absolute Gasteiger partial charge is 2.00 e. The van der Waals surface area contributed by atoms with Crippen molar-refractivity contribution >= 4 is 5.69 Å². The third kappa shape index (κ3) is 3.82. The summed E-state index contributed by atoms with van der Waals surface area (Å²) in [6.45, 7) is 20.5. The maximum atomic E-state index is 9.78. The van der Waals surface area contributed by atoms with E-state index in [0.717, 1.165) is 22.5 Å². The first-order valence-electron chi connectivity index (χ1n) is 11.5. The molecule has 0 radical (unpaired) electrons. The molecule has 0 amide bonds. The standard InChI is InChI=1S/C29H26N6.Pt/c1-27(2)20-12-19(18-30)13-23(15-20)34-10-8-25(32-34)28(3,4)29(5,6)26-9-11-35(33-26)24-16-21(27)14-22(17-24)31-7;/h8-14,17H,1-6H3;/q-2;+2. The van der Waals surface area contributed by atoms with Crippen LogP contribution in [-0.4, -0.2) is 19.6 Å². The SMILES string of the molecule is [C-]#[N+]c1cc2[c-]c(c1)C(C)(C)c1[c-]c(cc(C#N)c1)-n1ccc(n1)C(C)(C)C(C)(C)c1ccn-2n1.[Pt+2]. The van der Waals surface area contributed by atoms with Gasteiger partial charge in [-0.15, -0.1) is 18.2 Å². The average molecular weight is 654 g/mol. The summed E-state index contributed by atoms with van der Waals surface area (Å²) in [7, 11) is 0. The summed E-state index contributed by atoms with van der Waals surface area (Å²) in [5.74, 6) is 0. The molecule has 4 aromatic rings. The number of aromatic nitrogens is 4. The number of hydrogen-bond donors (Lipinski definition) is 0. The first kappa shape index (κ1) is 25.6. The Kier molecular flexibility index (Phi) is 6.10. The molecular formula is C29H26N6Pt. The molecule has 2 aromatic carbocycles. The number of fused-ring (bicyclic) bond motifs is 10. The van der Waals surface area contributed by atoms with Crippen molar-refractivity contribution in [2.75, 3.05) is 0 Å². The van der Waals surface area contributed by atoms with E-state index in [1.807, 2.05) is 36.7 Å². The van der Waals surface area contributed by atoms with Gasteiger partial charge in [0.15, 0.2) is 0 Å². The van der Waals surface area contributed by atoms with Crippen LogP contribution in [0.4, 0.5) is 5.69 Å². The molecule has 0 atom stereocenters. The Bertz CT molecular complexity index is 1440. The molecule has 3 heterocycles. The van der Waals surface area contributed by atoms with Gasteiger partial charge < -0.3 is 0 Å². The normalized spacial score (nSPS) is 16.4. The zero-order valence-electron chi connectivity index (χ0n) is 21.1. The molecule has 0 unspecified atom stereocenters. The average Bonchev–Trinajstić information content (AvgIpc) is 3.54. The summed E-state index contributed by atoms with van der Waals surface area (Å²) in [6.07, 6.45) is 3.85. The van der Waals surface area contributed by atoms with Gasteiger partial charge in [0.1, 0.15) is 0 Å². The number of hydrogen-bond acceptors (Lipinski definition) is 3. The molecule has 0 saturated heterocycles. The van der Waals surface area contributed by atoms with Crippen LogP contribution >= 0.6 is 0 Å². The minimum absolute atomic E-state index is 0. The van der Waals surface area contributed by atoms with Gasteiger partial charge in [0.05, 0.1) is 29.7 Å². The first-order chi connectivity index (χ1) is 16.5. The van der Waals surface area contributed by atoms with E-state index in [-0.39, 0.29) is 31.9 Å². The number of nitriles is 1. The van der Waals surface area contributed by atoms with Gasteiger partial charge in [-0.3, -0.25) is 14.2 Å². The Labute approximate surface area is 226 Å². The summed E-state index contributed by atoms with van der Waals surface area (Å²) in [4.78, 5) is 3.72. The minimum Gasteiger partial charge on any atom is -0.267 e. The Hall–Kier alpha value is -3.47. The van der Waals surface area contributed by atoms with Crippen LogP contribution in [0.25, 0.3) is 16.2 Å². The van der Waals surface area contributed by atoms with Crippen LogP contribution in [0.1, 0.15) is 69.6 Å². The number of rotatable bonds is 0. The fourth-order valence-electron chi connectivity index (χ4n) is 4.51. The van der Waals surface area contributed by atoms with E-state index in [1.165, 1.54) is 0 Å². The van der Waals surface area contributed by atoms with E-state index < -0.39 is 5.41 Å². The van der Waals surface area contributed by atoms with E-state index in [2.05, 4.69) is 64.6 Å². The van der Waals surface area contributed by atoms with Crippen LogP contribution in [0.3, 0.4) is 0 Å². The molecule has 5 rings (SSSR count). The van der Waals surface area contributed by atoms with Crippen LogP contribution in [0, 0.1) is 30.0 Å². The molecule has 8 bridgehead atoms. The van der Waals surface area contributed by atoms with E-state index in [1.54, 1.807) is 21.5 Å².